The molecule has 1 heterocycles. The zero-order valence-electron chi connectivity index (χ0n) is 18.1. The number of amides is 2. The van der Waals surface area contributed by atoms with Gasteiger partial charge in [-0.25, -0.2) is 9.18 Å². The van der Waals surface area contributed by atoms with E-state index in [2.05, 4.69) is 5.32 Å². The molecule has 31 heavy (non-hydrogen) atoms. The van der Waals surface area contributed by atoms with Gasteiger partial charge >= 0.3 is 6.09 Å². The highest BCUT2D eigenvalue weighted by molar-refractivity contribution is 5.86. The fraction of sp³-hybridized carbons (Fsp3) is 0.417. The lowest BCUT2D eigenvalue weighted by atomic mass is 10.0. The summed E-state index contributed by atoms with van der Waals surface area (Å²) in [5.74, 6) is -0.572. The standard InChI is InChI=1S/C24H29FN2O4/c1-24(2,3)31-23(29)26-20(14-17-8-5-4-6-9-17)22(28)27-12-13-30-21(16-27)18-10-7-11-19(25)15-18/h4-11,15,20-21H,12-14,16H2,1-3H3,(H,26,29)/t20-,21?/m0/s1. The summed E-state index contributed by atoms with van der Waals surface area (Å²) in [5.41, 5.74) is 0.926. The molecular formula is C24H29FN2O4. The number of carbonyl (C=O) groups excluding carboxylic acids is 2. The molecule has 1 fully saturated rings. The van der Waals surface area contributed by atoms with Gasteiger partial charge in [0, 0.05) is 13.0 Å². The van der Waals surface area contributed by atoms with E-state index in [1.54, 1.807) is 37.8 Å². The molecule has 1 saturated heterocycles. The highest BCUT2D eigenvalue weighted by Crippen LogP contribution is 2.23. The molecule has 2 aromatic carbocycles. The van der Waals surface area contributed by atoms with Gasteiger partial charge in [0.15, 0.2) is 0 Å². The van der Waals surface area contributed by atoms with Crippen LogP contribution in [-0.4, -0.2) is 48.2 Å². The fourth-order valence-electron chi connectivity index (χ4n) is 3.48. The van der Waals surface area contributed by atoms with Gasteiger partial charge < -0.3 is 19.7 Å². The van der Waals surface area contributed by atoms with E-state index in [-0.39, 0.29) is 18.3 Å². The predicted octanol–water partition coefficient (Wildman–Crippen LogP) is 3.86. The molecule has 1 N–H and O–H groups in total. The molecule has 2 aromatic rings. The fourth-order valence-corrected chi connectivity index (χ4v) is 3.48. The maximum Gasteiger partial charge on any atom is 0.408 e. The average Bonchev–Trinajstić information content (AvgIpc) is 2.72. The summed E-state index contributed by atoms with van der Waals surface area (Å²) in [6.45, 7) is 6.32. The lowest BCUT2D eigenvalue weighted by Crippen LogP contribution is -2.53. The van der Waals surface area contributed by atoms with Crippen LogP contribution < -0.4 is 5.32 Å². The van der Waals surface area contributed by atoms with Crippen LogP contribution in [0, 0.1) is 5.82 Å². The second-order valence-corrected chi connectivity index (χ2v) is 8.59. The summed E-state index contributed by atoms with van der Waals surface area (Å²) in [5, 5.41) is 2.73. The van der Waals surface area contributed by atoms with Crippen LogP contribution in [0.4, 0.5) is 9.18 Å². The van der Waals surface area contributed by atoms with E-state index in [9.17, 15) is 14.0 Å². The molecule has 0 saturated carbocycles. The van der Waals surface area contributed by atoms with Crippen LogP contribution in [0.3, 0.4) is 0 Å². The molecule has 0 radical (unpaired) electrons. The SMILES string of the molecule is CC(C)(C)OC(=O)N[C@@H](Cc1ccccc1)C(=O)N1CCOC(c2cccc(F)c2)C1. The number of halogens is 1. The second-order valence-electron chi connectivity index (χ2n) is 8.59. The number of nitrogens with zero attached hydrogens (tertiary/aromatic N) is 1. The third-order valence-electron chi connectivity index (χ3n) is 4.87. The Morgan fingerprint density at radius 2 is 1.94 bits per heavy atom. The molecule has 0 aliphatic carbocycles. The first kappa shape index (κ1) is 22.7. The number of carbonyl (C=O) groups is 2. The Bertz CT molecular complexity index is 898. The third-order valence-corrected chi connectivity index (χ3v) is 4.87. The molecule has 7 heteroatoms. The Morgan fingerprint density at radius 3 is 2.61 bits per heavy atom. The van der Waals surface area contributed by atoms with Crippen LogP contribution in [0.5, 0.6) is 0 Å². The summed E-state index contributed by atoms with van der Waals surface area (Å²) >= 11 is 0. The van der Waals surface area contributed by atoms with E-state index in [0.29, 0.717) is 25.1 Å². The number of benzene rings is 2. The molecular weight excluding hydrogens is 399 g/mol. The van der Waals surface area contributed by atoms with Crippen molar-refractivity contribution >= 4 is 12.0 Å². The molecule has 0 aromatic heterocycles. The van der Waals surface area contributed by atoms with Gasteiger partial charge in [0.25, 0.3) is 0 Å². The molecule has 2 amide bonds. The quantitative estimate of drug-likeness (QED) is 0.785. The Morgan fingerprint density at radius 1 is 1.19 bits per heavy atom. The van der Waals surface area contributed by atoms with E-state index in [0.717, 1.165) is 5.56 Å². The van der Waals surface area contributed by atoms with Gasteiger partial charge in [-0.1, -0.05) is 42.5 Å². The minimum atomic E-state index is -0.788. The summed E-state index contributed by atoms with van der Waals surface area (Å²) in [7, 11) is 0. The van der Waals surface area contributed by atoms with Crippen molar-refractivity contribution in [2.24, 2.45) is 0 Å². The molecule has 0 spiro atoms. The van der Waals surface area contributed by atoms with E-state index in [1.807, 2.05) is 30.3 Å². The molecule has 3 rings (SSSR count). The maximum atomic E-state index is 13.6. The Balaban J connectivity index is 1.75. The smallest absolute Gasteiger partial charge is 0.408 e. The number of alkyl carbamates (subject to hydrolysis) is 1. The number of hydrogen-bond acceptors (Lipinski definition) is 4. The zero-order valence-corrected chi connectivity index (χ0v) is 18.1. The van der Waals surface area contributed by atoms with Crippen molar-refractivity contribution in [2.45, 2.75) is 44.9 Å². The topological polar surface area (TPSA) is 67.9 Å². The highest BCUT2D eigenvalue weighted by atomic mass is 19.1. The summed E-state index contributed by atoms with van der Waals surface area (Å²) < 4.78 is 24.8. The van der Waals surface area contributed by atoms with Gasteiger partial charge in [-0.3, -0.25) is 4.79 Å². The summed E-state index contributed by atoms with van der Waals surface area (Å²) in [6, 6.07) is 14.9. The number of hydrogen-bond donors (Lipinski definition) is 1. The third kappa shape index (κ3) is 6.79. The molecule has 2 atom stereocenters. The van der Waals surface area contributed by atoms with Gasteiger partial charge in [0.2, 0.25) is 5.91 Å². The first-order chi connectivity index (χ1) is 14.7. The van der Waals surface area contributed by atoms with Crippen molar-refractivity contribution in [1.29, 1.82) is 0 Å². The van der Waals surface area contributed by atoms with E-state index in [4.69, 9.17) is 9.47 Å². The van der Waals surface area contributed by atoms with Gasteiger partial charge in [-0.15, -0.1) is 0 Å². The number of ether oxygens (including phenoxy) is 2. The van der Waals surface area contributed by atoms with Crippen molar-refractivity contribution in [3.05, 3.63) is 71.5 Å². The van der Waals surface area contributed by atoms with Crippen molar-refractivity contribution in [2.75, 3.05) is 19.7 Å². The van der Waals surface area contributed by atoms with E-state index in [1.165, 1.54) is 12.1 Å². The summed E-state index contributed by atoms with van der Waals surface area (Å²) in [4.78, 5) is 27.4. The van der Waals surface area contributed by atoms with Crippen LogP contribution in [-0.2, 0) is 20.7 Å². The van der Waals surface area contributed by atoms with Crippen LogP contribution in [0.2, 0.25) is 0 Å². The zero-order chi connectivity index (χ0) is 22.4. The van der Waals surface area contributed by atoms with E-state index < -0.39 is 23.8 Å². The molecule has 0 bridgehead atoms. The largest absolute Gasteiger partial charge is 0.444 e. The normalized spacial score (nSPS) is 17.7. The number of nitrogens with one attached hydrogen (secondary N) is 1. The number of rotatable bonds is 5. The Kier molecular flexibility index (Phi) is 7.28. The molecule has 1 unspecified atom stereocenters. The van der Waals surface area contributed by atoms with Crippen LogP contribution in [0.1, 0.15) is 38.0 Å². The monoisotopic (exact) mass is 428 g/mol. The minimum Gasteiger partial charge on any atom is -0.444 e. The lowest BCUT2D eigenvalue weighted by Gasteiger charge is -2.35. The summed E-state index contributed by atoms with van der Waals surface area (Å²) in [6.07, 6.45) is -0.731. The second kappa shape index (κ2) is 9.92. The van der Waals surface area contributed by atoms with Gasteiger partial charge in [0.1, 0.15) is 23.6 Å². The molecule has 1 aliphatic heterocycles. The Hall–Kier alpha value is -2.93. The van der Waals surface area contributed by atoms with Crippen molar-refractivity contribution < 1.29 is 23.5 Å². The first-order valence-electron chi connectivity index (χ1n) is 10.4. The van der Waals surface area contributed by atoms with Crippen molar-refractivity contribution in [1.82, 2.24) is 10.2 Å². The minimum absolute atomic E-state index is 0.223. The number of morpholine rings is 1. The predicted molar refractivity (Wildman–Crippen MR) is 115 cm³/mol. The average molecular weight is 429 g/mol. The van der Waals surface area contributed by atoms with Gasteiger partial charge in [-0.05, 0) is 44.0 Å². The highest BCUT2D eigenvalue weighted by Gasteiger charge is 2.32. The van der Waals surface area contributed by atoms with E-state index >= 15 is 0 Å². The van der Waals surface area contributed by atoms with Crippen molar-refractivity contribution in [3.8, 4) is 0 Å². The maximum absolute atomic E-state index is 13.6. The molecule has 6 nitrogen and oxygen atoms in total. The lowest BCUT2D eigenvalue weighted by molar-refractivity contribution is -0.141. The van der Waals surface area contributed by atoms with Crippen LogP contribution in [0.25, 0.3) is 0 Å². The molecule has 1 aliphatic rings. The van der Waals surface area contributed by atoms with Gasteiger partial charge in [0.05, 0.1) is 13.2 Å². The molecule has 166 valence electrons. The van der Waals surface area contributed by atoms with Crippen molar-refractivity contribution in [3.63, 3.8) is 0 Å². The first-order valence-corrected chi connectivity index (χ1v) is 10.4. The van der Waals surface area contributed by atoms with Crippen LogP contribution in [0.15, 0.2) is 54.6 Å². The Labute approximate surface area is 182 Å². The van der Waals surface area contributed by atoms with Gasteiger partial charge in [-0.2, -0.15) is 0 Å². The van der Waals surface area contributed by atoms with Crippen LogP contribution >= 0.6 is 0 Å².